The standard InChI is InChI=1S/C23H36O3.C5H12.C3H6O.C3H8/c1-5-10-20(22(6-2)23(26)14-18(4)24)15-19-12-9-7-8-11-17(3)13-21(25)16-19;1-3-5-4-2;1-3(2)4;1-3-2/h7-8,11,19-20,22H,5-6,9-10,12-16H2,1-4H3;3-5H2,1-2H3;1-2H3;3H2,1-2H3/b8-7-,17-11-;;;. The van der Waals surface area contributed by atoms with E-state index < -0.39 is 0 Å². The molecule has 0 radical (unpaired) electrons. The van der Waals surface area contributed by atoms with Crippen LogP contribution in [0.4, 0.5) is 0 Å². The molecule has 222 valence electrons. The Bertz CT molecular complexity index is 681. The number of unbranched alkanes of at least 4 members (excludes halogenated alkanes) is 2. The van der Waals surface area contributed by atoms with Gasteiger partial charge in [-0.25, -0.2) is 0 Å². The van der Waals surface area contributed by atoms with Crippen LogP contribution in [0, 0.1) is 17.8 Å². The molecule has 0 saturated heterocycles. The molecule has 0 bridgehead atoms. The van der Waals surface area contributed by atoms with Gasteiger partial charge in [-0.05, 0) is 65.2 Å². The molecule has 0 aromatic heterocycles. The van der Waals surface area contributed by atoms with Crippen molar-refractivity contribution >= 4 is 23.1 Å². The summed E-state index contributed by atoms with van der Waals surface area (Å²) in [5, 5.41) is 0. The first-order valence-electron chi connectivity index (χ1n) is 15.3. The van der Waals surface area contributed by atoms with E-state index in [0.29, 0.717) is 24.5 Å². The molecule has 0 saturated carbocycles. The van der Waals surface area contributed by atoms with Crippen LogP contribution in [0.2, 0.25) is 0 Å². The highest BCUT2D eigenvalue weighted by molar-refractivity contribution is 5.99. The van der Waals surface area contributed by atoms with E-state index in [1.807, 2.05) is 19.9 Å². The second-order valence-corrected chi connectivity index (χ2v) is 10.9. The van der Waals surface area contributed by atoms with E-state index in [1.54, 1.807) is 0 Å². The zero-order valence-corrected chi connectivity index (χ0v) is 26.8. The zero-order valence-electron chi connectivity index (χ0n) is 26.8. The Labute approximate surface area is 236 Å². The van der Waals surface area contributed by atoms with E-state index in [4.69, 9.17) is 0 Å². The van der Waals surface area contributed by atoms with Crippen molar-refractivity contribution in [1.29, 1.82) is 0 Å². The van der Waals surface area contributed by atoms with Crippen LogP contribution in [0.1, 0.15) is 153 Å². The van der Waals surface area contributed by atoms with Crippen LogP contribution in [0.15, 0.2) is 23.8 Å². The molecule has 0 aromatic carbocycles. The van der Waals surface area contributed by atoms with Gasteiger partial charge in [0.05, 0.1) is 6.42 Å². The average Bonchev–Trinajstić information content (AvgIpc) is 2.79. The van der Waals surface area contributed by atoms with Gasteiger partial charge in [0.2, 0.25) is 0 Å². The molecule has 1 aliphatic carbocycles. The maximum absolute atomic E-state index is 12.6. The van der Waals surface area contributed by atoms with Crippen molar-refractivity contribution in [3.63, 3.8) is 0 Å². The number of carbonyl (C=O) groups is 4. The van der Waals surface area contributed by atoms with Crippen molar-refractivity contribution < 1.29 is 19.2 Å². The second-order valence-electron chi connectivity index (χ2n) is 10.9. The van der Waals surface area contributed by atoms with Crippen LogP contribution in [-0.4, -0.2) is 23.1 Å². The molecule has 3 atom stereocenters. The SMILES string of the molecule is CC(C)=O.CCC.CCCC(CC1CC/C=C\C=C(\C)CC(=O)C1)C(CC)C(=O)CC(C)=O.CCCCC. The van der Waals surface area contributed by atoms with Crippen LogP contribution in [0.3, 0.4) is 0 Å². The number of ketones is 4. The molecule has 1 rings (SSSR count). The predicted octanol–water partition coefficient (Wildman–Crippen LogP) is 9.84. The van der Waals surface area contributed by atoms with Crippen molar-refractivity contribution in [2.75, 3.05) is 0 Å². The number of Topliss-reactive ketones (excluding diaryl/α,β-unsaturated/α-hetero) is 4. The minimum Gasteiger partial charge on any atom is -0.300 e. The Morgan fingerprint density at radius 2 is 1.50 bits per heavy atom. The molecule has 0 fully saturated rings. The molecule has 38 heavy (non-hydrogen) atoms. The lowest BCUT2D eigenvalue weighted by Gasteiger charge is -2.29. The summed E-state index contributed by atoms with van der Waals surface area (Å²) < 4.78 is 0. The third-order valence-corrected chi connectivity index (χ3v) is 6.10. The Morgan fingerprint density at radius 3 is 1.92 bits per heavy atom. The lowest BCUT2D eigenvalue weighted by molar-refractivity contribution is -0.130. The smallest absolute Gasteiger partial charge is 0.143 e. The third-order valence-electron chi connectivity index (χ3n) is 6.10. The summed E-state index contributed by atoms with van der Waals surface area (Å²) in [6.45, 7) is 19.4. The molecule has 4 heteroatoms. The molecule has 3 unspecified atom stereocenters. The van der Waals surface area contributed by atoms with Gasteiger partial charge >= 0.3 is 0 Å². The van der Waals surface area contributed by atoms with E-state index >= 15 is 0 Å². The summed E-state index contributed by atoms with van der Waals surface area (Å²) >= 11 is 0. The lowest BCUT2D eigenvalue weighted by atomic mass is 9.75. The first-order chi connectivity index (χ1) is 17.9. The van der Waals surface area contributed by atoms with Gasteiger partial charge < -0.3 is 4.79 Å². The molecule has 1 aliphatic rings. The molecule has 0 amide bonds. The number of allylic oxidation sites excluding steroid dienone is 4. The van der Waals surface area contributed by atoms with Gasteiger partial charge in [-0.1, -0.05) is 104 Å². The summed E-state index contributed by atoms with van der Waals surface area (Å²) in [6, 6.07) is 0. The van der Waals surface area contributed by atoms with E-state index in [0.717, 1.165) is 44.1 Å². The van der Waals surface area contributed by atoms with Crippen LogP contribution >= 0.6 is 0 Å². The van der Waals surface area contributed by atoms with Crippen molar-refractivity contribution in [2.24, 2.45) is 17.8 Å². The van der Waals surface area contributed by atoms with Crippen LogP contribution in [0.25, 0.3) is 0 Å². The minimum absolute atomic E-state index is 0.0506. The Kier molecular flexibility index (Phi) is 30.1. The highest BCUT2D eigenvalue weighted by atomic mass is 16.1. The van der Waals surface area contributed by atoms with Crippen molar-refractivity contribution in [1.82, 2.24) is 0 Å². The molecule has 0 heterocycles. The highest BCUT2D eigenvalue weighted by Crippen LogP contribution is 2.33. The lowest BCUT2D eigenvalue weighted by Crippen LogP contribution is -2.27. The summed E-state index contributed by atoms with van der Waals surface area (Å²) in [7, 11) is 0. The fraction of sp³-hybridized carbons (Fsp3) is 0.765. The van der Waals surface area contributed by atoms with Gasteiger partial charge in [0, 0.05) is 18.8 Å². The van der Waals surface area contributed by atoms with E-state index in [1.165, 1.54) is 46.5 Å². The molecule has 0 spiro atoms. The maximum atomic E-state index is 12.6. The average molecular weight is 535 g/mol. The second kappa shape index (κ2) is 28.2. The van der Waals surface area contributed by atoms with Crippen molar-refractivity contribution in [2.45, 2.75) is 153 Å². The van der Waals surface area contributed by atoms with Crippen LogP contribution in [-0.2, 0) is 19.2 Å². The summed E-state index contributed by atoms with van der Waals surface area (Å²) in [4.78, 5) is 45.8. The monoisotopic (exact) mass is 534 g/mol. The number of hydrogen-bond acceptors (Lipinski definition) is 4. The topological polar surface area (TPSA) is 68.3 Å². The maximum Gasteiger partial charge on any atom is 0.143 e. The number of rotatable bonds is 11. The Balaban J connectivity index is -0.000000852. The van der Waals surface area contributed by atoms with Gasteiger partial charge in [0.1, 0.15) is 23.1 Å². The van der Waals surface area contributed by atoms with E-state index in [9.17, 15) is 19.2 Å². The number of carbonyl (C=O) groups excluding carboxylic acids is 4. The Morgan fingerprint density at radius 1 is 0.947 bits per heavy atom. The Hall–Kier alpha value is -1.84. The summed E-state index contributed by atoms with van der Waals surface area (Å²) in [6.07, 6.45) is 18.4. The predicted molar refractivity (Wildman–Crippen MR) is 164 cm³/mol. The highest BCUT2D eigenvalue weighted by Gasteiger charge is 2.29. The summed E-state index contributed by atoms with van der Waals surface area (Å²) in [5.74, 6) is 1.05. The number of hydrogen-bond donors (Lipinski definition) is 0. The summed E-state index contributed by atoms with van der Waals surface area (Å²) in [5.41, 5.74) is 1.11. The van der Waals surface area contributed by atoms with Crippen molar-refractivity contribution in [3.8, 4) is 0 Å². The quantitative estimate of drug-likeness (QED) is 0.247. The first-order valence-corrected chi connectivity index (χ1v) is 15.3. The molecule has 4 nitrogen and oxygen atoms in total. The molecule has 0 aliphatic heterocycles. The normalized spacial score (nSPS) is 18.8. The fourth-order valence-corrected chi connectivity index (χ4v) is 4.56. The molecule has 0 aromatic rings. The van der Waals surface area contributed by atoms with Gasteiger partial charge in [0.15, 0.2) is 0 Å². The van der Waals surface area contributed by atoms with E-state index in [-0.39, 0.29) is 35.6 Å². The third kappa shape index (κ3) is 27.2. The first kappa shape index (κ1) is 40.7. The molecular formula is C34H62O4. The zero-order chi connectivity index (χ0) is 29.9. The van der Waals surface area contributed by atoms with Gasteiger partial charge in [-0.3, -0.25) is 14.4 Å². The van der Waals surface area contributed by atoms with Gasteiger partial charge in [-0.2, -0.15) is 0 Å². The van der Waals surface area contributed by atoms with Crippen LogP contribution < -0.4 is 0 Å². The van der Waals surface area contributed by atoms with Crippen LogP contribution in [0.5, 0.6) is 0 Å². The minimum atomic E-state index is -0.0541. The molecular weight excluding hydrogens is 472 g/mol. The van der Waals surface area contributed by atoms with Gasteiger partial charge in [-0.15, -0.1) is 0 Å². The van der Waals surface area contributed by atoms with E-state index in [2.05, 4.69) is 46.8 Å². The van der Waals surface area contributed by atoms with Gasteiger partial charge in [0.25, 0.3) is 0 Å². The van der Waals surface area contributed by atoms with Crippen molar-refractivity contribution in [3.05, 3.63) is 23.8 Å². The molecule has 0 N–H and O–H groups in total. The largest absolute Gasteiger partial charge is 0.300 e. The fourth-order valence-electron chi connectivity index (χ4n) is 4.56.